The molecule has 1 saturated heterocycles. The molecular formula is C25H33N7OS. The monoisotopic (exact) mass is 479 g/mol. The summed E-state index contributed by atoms with van der Waals surface area (Å²) < 4.78 is 3.58. The van der Waals surface area contributed by atoms with Crippen molar-refractivity contribution in [2.75, 3.05) is 18.0 Å². The molecule has 0 bridgehead atoms. The Bertz CT molecular complexity index is 1320. The van der Waals surface area contributed by atoms with Crippen molar-refractivity contribution in [3.05, 3.63) is 40.3 Å². The summed E-state index contributed by atoms with van der Waals surface area (Å²) in [6.07, 6.45) is 2.84. The van der Waals surface area contributed by atoms with Gasteiger partial charge < -0.3 is 15.2 Å². The van der Waals surface area contributed by atoms with Gasteiger partial charge >= 0.3 is 0 Å². The van der Waals surface area contributed by atoms with Crippen LogP contribution in [0.2, 0.25) is 0 Å². The topological polar surface area (TPSA) is 94.3 Å². The van der Waals surface area contributed by atoms with E-state index in [1.807, 2.05) is 41.5 Å². The van der Waals surface area contributed by atoms with Gasteiger partial charge in [-0.1, -0.05) is 12.1 Å². The molecule has 2 N–H and O–H groups in total. The lowest BCUT2D eigenvalue weighted by Crippen LogP contribution is -2.44. The summed E-state index contributed by atoms with van der Waals surface area (Å²) in [6.45, 7) is 11.1. The molecule has 1 fully saturated rings. The second-order valence-corrected chi connectivity index (χ2v) is 11.7. The Morgan fingerprint density at radius 1 is 1.26 bits per heavy atom. The lowest BCUT2D eigenvalue weighted by atomic mass is 10.1. The fraction of sp³-hybridized carbons (Fsp3) is 0.520. The first kappa shape index (κ1) is 23.1. The Kier molecular flexibility index (Phi) is 6.02. The van der Waals surface area contributed by atoms with E-state index in [0.29, 0.717) is 24.1 Å². The largest absolute Gasteiger partial charge is 0.341 e. The number of benzene rings is 1. The van der Waals surface area contributed by atoms with Gasteiger partial charge in [0.25, 0.3) is 5.56 Å². The molecule has 1 unspecified atom stereocenters. The van der Waals surface area contributed by atoms with Crippen LogP contribution >= 0.6 is 11.8 Å². The molecule has 4 heterocycles. The van der Waals surface area contributed by atoms with E-state index in [1.54, 1.807) is 4.68 Å². The standard InChI is InChI=1S/C25H33N7OS/c1-5-31-22-21(28-24(31)30-12-8-9-17(26)14-30)16(2)29-32(23(22)33)15-18-13-25(3,4)34-20-11-7-6-10-19(20)27-18/h6-7,10-11,17H,5,8-9,12-15,26H2,1-4H3. The number of imidazole rings is 1. The molecule has 2 aliphatic rings. The lowest BCUT2D eigenvalue weighted by molar-refractivity contribution is 0.494. The van der Waals surface area contributed by atoms with Crippen LogP contribution in [0.5, 0.6) is 0 Å². The average Bonchev–Trinajstić information content (AvgIpc) is 3.12. The van der Waals surface area contributed by atoms with Gasteiger partial charge in [-0.2, -0.15) is 5.10 Å². The highest BCUT2D eigenvalue weighted by molar-refractivity contribution is 8.00. The zero-order valence-electron chi connectivity index (χ0n) is 20.4. The number of nitrogens with two attached hydrogens (primary N) is 1. The molecule has 1 aromatic carbocycles. The molecule has 180 valence electrons. The first-order valence-corrected chi connectivity index (χ1v) is 12.9. The van der Waals surface area contributed by atoms with Crippen molar-refractivity contribution < 1.29 is 0 Å². The van der Waals surface area contributed by atoms with Gasteiger partial charge in [0.05, 0.1) is 17.9 Å². The molecule has 0 saturated carbocycles. The molecule has 9 heteroatoms. The van der Waals surface area contributed by atoms with Gasteiger partial charge in [-0.3, -0.25) is 9.79 Å². The van der Waals surface area contributed by atoms with Gasteiger partial charge in [0, 0.05) is 47.5 Å². The number of aliphatic imine (C=N–C) groups is 1. The van der Waals surface area contributed by atoms with Crippen LogP contribution in [-0.4, -0.2) is 48.9 Å². The number of aryl methyl sites for hydroxylation is 2. The SMILES string of the molecule is CCn1c(N2CCCC(N)C2)nc2c(C)nn(CC3=Nc4ccccc4SC(C)(C)C3)c(=O)c21. The maximum Gasteiger partial charge on any atom is 0.293 e. The van der Waals surface area contributed by atoms with E-state index in [-0.39, 0.29) is 16.3 Å². The van der Waals surface area contributed by atoms with E-state index in [2.05, 4.69) is 36.8 Å². The number of rotatable bonds is 4. The molecule has 2 aromatic heterocycles. The smallest absolute Gasteiger partial charge is 0.293 e. The van der Waals surface area contributed by atoms with Gasteiger partial charge in [0.2, 0.25) is 5.95 Å². The van der Waals surface area contributed by atoms with Crippen LogP contribution in [-0.2, 0) is 13.1 Å². The Labute approximate surface area is 204 Å². The number of piperidine rings is 1. The summed E-state index contributed by atoms with van der Waals surface area (Å²) in [5, 5.41) is 4.68. The van der Waals surface area contributed by atoms with Crippen molar-refractivity contribution in [1.82, 2.24) is 19.3 Å². The van der Waals surface area contributed by atoms with Crippen molar-refractivity contribution in [3.8, 4) is 0 Å². The Morgan fingerprint density at radius 3 is 2.82 bits per heavy atom. The van der Waals surface area contributed by atoms with Crippen molar-refractivity contribution >= 4 is 40.1 Å². The molecule has 0 radical (unpaired) electrons. The summed E-state index contributed by atoms with van der Waals surface area (Å²) in [6, 6.07) is 8.34. The Hall–Kier alpha value is -2.65. The molecule has 8 nitrogen and oxygen atoms in total. The zero-order chi connectivity index (χ0) is 24.0. The first-order chi connectivity index (χ1) is 16.3. The highest BCUT2D eigenvalue weighted by Gasteiger charge is 2.28. The average molecular weight is 480 g/mol. The van der Waals surface area contributed by atoms with Gasteiger partial charge in [0.15, 0.2) is 0 Å². The van der Waals surface area contributed by atoms with Gasteiger partial charge in [-0.05, 0) is 52.7 Å². The number of anilines is 1. The number of fused-ring (bicyclic) bond motifs is 2. The van der Waals surface area contributed by atoms with Crippen LogP contribution in [0.15, 0.2) is 38.9 Å². The Balaban J connectivity index is 1.58. The summed E-state index contributed by atoms with van der Waals surface area (Å²) in [5.41, 5.74) is 10.1. The number of hydrogen-bond donors (Lipinski definition) is 1. The zero-order valence-corrected chi connectivity index (χ0v) is 21.2. The predicted octanol–water partition coefficient (Wildman–Crippen LogP) is 3.90. The molecule has 0 amide bonds. The highest BCUT2D eigenvalue weighted by Crippen LogP contribution is 2.43. The minimum atomic E-state index is -0.117. The van der Waals surface area contributed by atoms with E-state index in [1.165, 1.54) is 4.90 Å². The molecule has 2 aliphatic heterocycles. The number of hydrogen-bond acceptors (Lipinski definition) is 7. The minimum absolute atomic E-state index is 0.0282. The number of nitrogens with zero attached hydrogens (tertiary/aromatic N) is 6. The van der Waals surface area contributed by atoms with Crippen LogP contribution in [0.25, 0.3) is 11.0 Å². The second kappa shape index (κ2) is 8.85. The third kappa shape index (κ3) is 4.27. The second-order valence-electron chi connectivity index (χ2n) is 9.93. The third-order valence-electron chi connectivity index (χ3n) is 6.55. The molecular weight excluding hydrogens is 446 g/mol. The molecule has 0 spiro atoms. The quantitative estimate of drug-likeness (QED) is 0.610. The van der Waals surface area contributed by atoms with Crippen molar-refractivity contribution in [3.63, 3.8) is 0 Å². The van der Waals surface area contributed by atoms with Gasteiger partial charge in [-0.15, -0.1) is 11.8 Å². The highest BCUT2D eigenvalue weighted by atomic mass is 32.2. The van der Waals surface area contributed by atoms with Crippen LogP contribution in [0.4, 0.5) is 11.6 Å². The molecule has 1 atom stereocenters. The minimum Gasteiger partial charge on any atom is -0.341 e. The van der Waals surface area contributed by atoms with Gasteiger partial charge in [0.1, 0.15) is 11.0 Å². The van der Waals surface area contributed by atoms with Crippen LogP contribution < -0.4 is 16.2 Å². The maximum atomic E-state index is 13.7. The first-order valence-electron chi connectivity index (χ1n) is 12.1. The summed E-state index contributed by atoms with van der Waals surface area (Å²) >= 11 is 1.83. The van der Waals surface area contributed by atoms with Crippen molar-refractivity contribution in [2.45, 2.75) is 75.7 Å². The van der Waals surface area contributed by atoms with E-state index < -0.39 is 0 Å². The predicted molar refractivity (Wildman–Crippen MR) is 140 cm³/mol. The van der Waals surface area contributed by atoms with E-state index in [9.17, 15) is 4.79 Å². The van der Waals surface area contributed by atoms with Gasteiger partial charge in [-0.25, -0.2) is 9.67 Å². The maximum absolute atomic E-state index is 13.7. The molecule has 0 aliphatic carbocycles. The number of thioether (sulfide) groups is 1. The summed E-state index contributed by atoms with van der Waals surface area (Å²) in [4.78, 5) is 27.0. The third-order valence-corrected chi connectivity index (χ3v) is 7.81. The van der Waals surface area contributed by atoms with Crippen LogP contribution in [0.3, 0.4) is 0 Å². The van der Waals surface area contributed by atoms with Crippen molar-refractivity contribution in [2.24, 2.45) is 10.7 Å². The molecule has 34 heavy (non-hydrogen) atoms. The Morgan fingerprint density at radius 2 is 2.06 bits per heavy atom. The van der Waals surface area contributed by atoms with E-state index in [0.717, 1.165) is 55.4 Å². The summed E-state index contributed by atoms with van der Waals surface area (Å²) in [7, 11) is 0. The number of para-hydroxylation sites is 1. The molecule has 3 aromatic rings. The number of aromatic nitrogens is 4. The summed E-state index contributed by atoms with van der Waals surface area (Å²) in [5.74, 6) is 0.825. The lowest BCUT2D eigenvalue weighted by Gasteiger charge is -2.31. The fourth-order valence-electron chi connectivity index (χ4n) is 5.08. The van der Waals surface area contributed by atoms with E-state index in [4.69, 9.17) is 15.7 Å². The molecule has 5 rings (SSSR count). The van der Waals surface area contributed by atoms with Crippen LogP contribution in [0.1, 0.15) is 45.7 Å². The fourth-order valence-corrected chi connectivity index (χ4v) is 6.28. The normalized spacial score (nSPS) is 20.2. The van der Waals surface area contributed by atoms with E-state index >= 15 is 0 Å². The van der Waals surface area contributed by atoms with Crippen molar-refractivity contribution in [1.29, 1.82) is 0 Å². The van der Waals surface area contributed by atoms with Crippen LogP contribution in [0, 0.1) is 6.92 Å².